The van der Waals surface area contributed by atoms with E-state index in [9.17, 15) is 14.9 Å². The monoisotopic (exact) mass is 484 g/mol. The smallest absolute Gasteiger partial charge is 0.282 e. The minimum Gasteiger partial charge on any atom is -0.353 e. The first-order chi connectivity index (χ1) is 18.1. The number of nitrogens with zero attached hydrogens (tertiary/aromatic N) is 3. The van der Waals surface area contributed by atoms with E-state index in [2.05, 4.69) is 4.98 Å². The van der Waals surface area contributed by atoms with Gasteiger partial charge < -0.3 is 4.98 Å². The summed E-state index contributed by atoms with van der Waals surface area (Å²) in [6.07, 6.45) is 1.59. The Morgan fingerprint density at radius 2 is 1.49 bits per heavy atom. The minimum absolute atomic E-state index is 0.0492. The third-order valence-corrected chi connectivity index (χ3v) is 6.24. The third-order valence-electron chi connectivity index (χ3n) is 6.24. The Hall–Kier alpha value is -5.30. The van der Waals surface area contributed by atoms with Crippen molar-refractivity contribution in [3.8, 4) is 11.3 Å². The number of rotatable bonds is 5. The Balaban J connectivity index is 1.57. The molecule has 7 nitrogen and oxygen atoms in total. The molecule has 0 unspecified atom stereocenters. The van der Waals surface area contributed by atoms with Crippen molar-refractivity contribution in [2.75, 3.05) is 4.90 Å². The highest BCUT2D eigenvalue weighted by atomic mass is 16.6. The van der Waals surface area contributed by atoms with Gasteiger partial charge in [-0.1, -0.05) is 91.0 Å². The van der Waals surface area contributed by atoms with Gasteiger partial charge in [-0.15, -0.1) is 0 Å². The van der Waals surface area contributed by atoms with E-state index in [-0.39, 0.29) is 17.3 Å². The second kappa shape index (κ2) is 9.05. The van der Waals surface area contributed by atoms with Crippen molar-refractivity contribution >= 4 is 40.1 Å². The number of anilines is 1. The lowest BCUT2D eigenvalue weighted by atomic mass is 10.1. The molecule has 0 spiro atoms. The molecule has 6 rings (SSSR count). The summed E-state index contributed by atoms with van der Waals surface area (Å²) < 4.78 is 0. The summed E-state index contributed by atoms with van der Waals surface area (Å²) in [7, 11) is 0. The van der Waals surface area contributed by atoms with Crippen molar-refractivity contribution < 1.29 is 9.72 Å². The summed E-state index contributed by atoms with van der Waals surface area (Å²) in [5, 5.41) is 12.2. The van der Waals surface area contributed by atoms with Crippen LogP contribution in [0.15, 0.2) is 120 Å². The molecule has 4 aromatic carbocycles. The number of nitro benzene ring substituents is 1. The molecule has 37 heavy (non-hydrogen) atoms. The Labute approximate surface area is 212 Å². The largest absolute Gasteiger partial charge is 0.353 e. The summed E-state index contributed by atoms with van der Waals surface area (Å²) in [6.45, 7) is 0. The number of benzene rings is 4. The molecule has 0 saturated heterocycles. The van der Waals surface area contributed by atoms with Gasteiger partial charge in [-0.3, -0.25) is 19.8 Å². The van der Waals surface area contributed by atoms with Gasteiger partial charge in [-0.25, -0.2) is 4.99 Å². The number of aromatic amines is 1. The minimum atomic E-state index is -0.457. The normalized spacial score (nSPS) is 14.4. The summed E-state index contributed by atoms with van der Waals surface area (Å²) in [4.78, 5) is 34.7. The number of H-pyrrole nitrogens is 1. The molecule has 1 N–H and O–H groups in total. The highest BCUT2D eigenvalue weighted by Crippen LogP contribution is 2.41. The fraction of sp³-hybridized carbons (Fsp3) is 0. The van der Waals surface area contributed by atoms with E-state index in [0.717, 1.165) is 27.7 Å². The highest BCUT2D eigenvalue weighted by molar-refractivity contribution is 6.36. The molecule has 1 aromatic heterocycles. The van der Waals surface area contributed by atoms with Crippen LogP contribution >= 0.6 is 0 Å². The number of amidine groups is 1. The summed E-state index contributed by atoms with van der Waals surface area (Å²) in [6, 6.07) is 33.4. The Morgan fingerprint density at radius 1 is 0.811 bits per heavy atom. The van der Waals surface area contributed by atoms with E-state index in [1.165, 1.54) is 12.1 Å². The van der Waals surface area contributed by atoms with Crippen molar-refractivity contribution in [1.82, 2.24) is 4.98 Å². The molecule has 178 valence electrons. The number of carbonyl (C=O) groups excluding carboxylic acids is 1. The van der Waals surface area contributed by atoms with Crippen LogP contribution in [0.4, 0.5) is 11.4 Å². The molecule has 1 aliphatic rings. The highest BCUT2D eigenvalue weighted by Gasteiger charge is 2.36. The number of para-hydroxylation sites is 1. The molecule has 0 fully saturated rings. The second-order valence-corrected chi connectivity index (χ2v) is 8.58. The zero-order valence-corrected chi connectivity index (χ0v) is 19.5. The lowest BCUT2D eigenvalue weighted by molar-refractivity contribution is -0.384. The zero-order chi connectivity index (χ0) is 25.4. The maximum Gasteiger partial charge on any atom is 0.282 e. The van der Waals surface area contributed by atoms with Crippen molar-refractivity contribution in [2.45, 2.75) is 0 Å². The maximum absolute atomic E-state index is 14.0. The predicted octanol–water partition coefficient (Wildman–Crippen LogP) is 6.58. The first-order valence-electron chi connectivity index (χ1n) is 11.7. The van der Waals surface area contributed by atoms with Gasteiger partial charge in [0.15, 0.2) is 0 Å². The molecule has 1 amide bonds. The van der Waals surface area contributed by atoms with Gasteiger partial charge in [0.05, 0.1) is 16.3 Å². The van der Waals surface area contributed by atoms with Gasteiger partial charge in [-0.2, -0.15) is 0 Å². The van der Waals surface area contributed by atoms with Gasteiger partial charge in [0.25, 0.3) is 11.6 Å². The number of amides is 1. The van der Waals surface area contributed by atoms with E-state index in [0.29, 0.717) is 17.1 Å². The zero-order valence-electron chi connectivity index (χ0n) is 19.5. The standard InChI is InChI=1S/C30H20N4O3/c35-30-26(19-20-10-9-15-23(18-20)34(36)37)32-29(22-13-5-2-6-14-22)33(30)28-24-16-7-8-17-25(24)31-27(28)21-11-3-1-4-12-21/h1-19,31H/b26-19+. The van der Waals surface area contributed by atoms with Crippen LogP contribution in [0.1, 0.15) is 11.1 Å². The van der Waals surface area contributed by atoms with Crippen LogP contribution in [-0.4, -0.2) is 21.7 Å². The lowest BCUT2D eigenvalue weighted by Gasteiger charge is -2.20. The fourth-order valence-corrected chi connectivity index (χ4v) is 4.56. The Bertz CT molecular complexity index is 1720. The molecule has 0 saturated carbocycles. The van der Waals surface area contributed by atoms with Crippen LogP contribution in [0.25, 0.3) is 28.2 Å². The molecule has 7 heteroatoms. The molecular formula is C30H20N4O3. The second-order valence-electron chi connectivity index (χ2n) is 8.58. The van der Waals surface area contributed by atoms with E-state index in [1.54, 1.807) is 23.1 Å². The predicted molar refractivity (Wildman–Crippen MR) is 145 cm³/mol. The number of non-ortho nitro benzene ring substituents is 1. The number of fused-ring (bicyclic) bond motifs is 1. The fourth-order valence-electron chi connectivity index (χ4n) is 4.56. The maximum atomic E-state index is 14.0. The number of hydrogen-bond donors (Lipinski definition) is 1. The van der Waals surface area contributed by atoms with Crippen molar-refractivity contribution in [3.05, 3.63) is 136 Å². The molecule has 5 aromatic rings. The van der Waals surface area contributed by atoms with Gasteiger partial charge in [0, 0.05) is 34.2 Å². The van der Waals surface area contributed by atoms with Gasteiger partial charge in [0.2, 0.25) is 0 Å². The Kier molecular flexibility index (Phi) is 5.43. The van der Waals surface area contributed by atoms with Gasteiger partial charge >= 0.3 is 0 Å². The first kappa shape index (κ1) is 22.2. The summed E-state index contributed by atoms with van der Waals surface area (Å²) >= 11 is 0. The SMILES string of the molecule is O=C1/C(=C\c2cccc([N+](=O)[O-])c2)N=C(c2ccccc2)N1c1c(-c2ccccc2)[nH]c2ccccc12. The van der Waals surface area contributed by atoms with Crippen LogP contribution in [0.2, 0.25) is 0 Å². The summed E-state index contributed by atoms with van der Waals surface area (Å²) in [5.74, 6) is 0.177. The lowest BCUT2D eigenvalue weighted by Crippen LogP contribution is -2.33. The van der Waals surface area contributed by atoms with Crippen LogP contribution in [-0.2, 0) is 4.79 Å². The van der Waals surface area contributed by atoms with Crippen LogP contribution < -0.4 is 4.90 Å². The van der Waals surface area contributed by atoms with Crippen LogP contribution in [0.3, 0.4) is 0 Å². The quantitative estimate of drug-likeness (QED) is 0.174. The molecule has 2 heterocycles. The topological polar surface area (TPSA) is 91.6 Å². The number of hydrogen-bond acceptors (Lipinski definition) is 4. The average molecular weight is 485 g/mol. The number of nitro groups is 1. The van der Waals surface area contributed by atoms with Crippen molar-refractivity contribution in [1.29, 1.82) is 0 Å². The Morgan fingerprint density at radius 3 is 2.22 bits per heavy atom. The van der Waals surface area contributed by atoms with E-state index >= 15 is 0 Å². The first-order valence-corrected chi connectivity index (χ1v) is 11.7. The van der Waals surface area contributed by atoms with E-state index in [4.69, 9.17) is 4.99 Å². The third kappa shape index (κ3) is 3.98. The number of carbonyl (C=O) groups is 1. The van der Waals surface area contributed by atoms with Gasteiger partial charge in [-0.05, 0) is 17.7 Å². The molecule has 0 aliphatic carbocycles. The number of aliphatic imine (C=N–C) groups is 1. The van der Waals surface area contributed by atoms with E-state index in [1.807, 2.05) is 84.9 Å². The molecule has 0 atom stereocenters. The average Bonchev–Trinajstić information content (AvgIpc) is 3.47. The van der Waals surface area contributed by atoms with Crippen molar-refractivity contribution in [3.63, 3.8) is 0 Å². The number of nitrogens with one attached hydrogen (secondary N) is 1. The van der Waals surface area contributed by atoms with Crippen LogP contribution in [0, 0.1) is 10.1 Å². The van der Waals surface area contributed by atoms with E-state index < -0.39 is 4.92 Å². The van der Waals surface area contributed by atoms with Crippen molar-refractivity contribution in [2.24, 2.45) is 4.99 Å². The van der Waals surface area contributed by atoms with Crippen LogP contribution in [0.5, 0.6) is 0 Å². The molecule has 1 aliphatic heterocycles. The molecule has 0 bridgehead atoms. The van der Waals surface area contributed by atoms with Gasteiger partial charge in [0.1, 0.15) is 11.5 Å². The number of aromatic nitrogens is 1. The summed E-state index contributed by atoms with van der Waals surface area (Å²) in [5.41, 5.74) is 4.79. The molecule has 0 radical (unpaired) electrons. The molecular weight excluding hydrogens is 464 g/mol.